The summed E-state index contributed by atoms with van der Waals surface area (Å²) in [5.74, 6) is 0. The lowest BCUT2D eigenvalue weighted by atomic mass is 9.99. The van der Waals surface area contributed by atoms with Crippen LogP contribution >= 0.6 is 27.3 Å². The van der Waals surface area contributed by atoms with Crippen molar-refractivity contribution in [2.45, 2.75) is 52.5 Å². The van der Waals surface area contributed by atoms with E-state index in [1.807, 2.05) is 11.3 Å². The molecule has 0 amide bonds. The monoisotopic (exact) mass is 363 g/mol. The smallest absolute Gasteiger partial charge is 0.0578 e. The first-order chi connectivity index (χ1) is 10.0. The van der Waals surface area contributed by atoms with Gasteiger partial charge in [0.15, 0.2) is 0 Å². The summed E-state index contributed by atoms with van der Waals surface area (Å²) in [6.45, 7) is 6.57. The Kier molecular flexibility index (Phi) is 4.41. The Morgan fingerprint density at radius 2 is 1.76 bits per heavy atom. The second-order valence-electron chi connectivity index (χ2n) is 6.09. The number of benzene rings is 1. The molecule has 1 aromatic carbocycles. The van der Waals surface area contributed by atoms with Crippen LogP contribution in [0.5, 0.6) is 0 Å². The molecule has 0 saturated carbocycles. The number of rotatable bonds is 3. The van der Waals surface area contributed by atoms with Gasteiger partial charge in [0, 0.05) is 19.9 Å². The van der Waals surface area contributed by atoms with Gasteiger partial charge in [0.2, 0.25) is 0 Å². The Labute approximate surface area is 139 Å². The Bertz CT molecular complexity index is 613. The lowest BCUT2D eigenvalue weighted by Gasteiger charge is -2.16. The fraction of sp³-hybridized carbons (Fsp3) is 0.444. The molecule has 3 rings (SSSR count). The highest BCUT2D eigenvalue weighted by molar-refractivity contribution is 9.10. The van der Waals surface area contributed by atoms with Gasteiger partial charge in [-0.2, -0.15) is 0 Å². The third kappa shape index (κ3) is 3.19. The molecule has 2 aromatic rings. The molecule has 1 nitrogen and oxygen atoms in total. The van der Waals surface area contributed by atoms with Gasteiger partial charge in [0.1, 0.15) is 0 Å². The second kappa shape index (κ2) is 6.13. The summed E-state index contributed by atoms with van der Waals surface area (Å²) >= 11 is 5.64. The van der Waals surface area contributed by atoms with Crippen molar-refractivity contribution in [2.24, 2.45) is 0 Å². The standard InChI is InChI=1S/C18H22BrNS/c1-11-8-15(9-12(2)18(11)19)20-13(3)17-10-14-6-4-5-7-16(14)21-17/h8-10,13,20H,4-7H2,1-3H3. The number of fused-ring (bicyclic) bond motifs is 1. The van der Waals surface area contributed by atoms with Gasteiger partial charge in [-0.15, -0.1) is 11.3 Å². The Hall–Kier alpha value is -0.800. The van der Waals surface area contributed by atoms with Crippen molar-refractivity contribution in [3.63, 3.8) is 0 Å². The fourth-order valence-corrected chi connectivity index (χ4v) is 4.57. The lowest BCUT2D eigenvalue weighted by Crippen LogP contribution is -2.05. The highest BCUT2D eigenvalue weighted by atomic mass is 79.9. The number of anilines is 1. The third-order valence-electron chi connectivity index (χ3n) is 4.26. The van der Waals surface area contributed by atoms with Gasteiger partial charge < -0.3 is 5.32 Å². The third-order valence-corrected chi connectivity index (χ3v) is 6.93. The molecule has 1 atom stereocenters. The first kappa shape index (κ1) is 15.1. The number of nitrogens with one attached hydrogen (secondary N) is 1. The molecule has 0 aliphatic heterocycles. The van der Waals surface area contributed by atoms with E-state index in [0.29, 0.717) is 6.04 Å². The summed E-state index contributed by atoms with van der Waals surface area (Å²) in [6, 6.07) is 7.25. The summed E-state index contributed by atoms with van der Waals surface area (Å²) in [6.07, 6.45) is 5.27. The maximum absolute atomic E-state index is 3.67. The minimum atomic E-state index is 0.376. The van der Waals surface area contributed by atoms with Crippen LogP contribution in [0.25, 0.3) is 0 Å². The predicted molar refractivity (Wildman–Crippen MR) is 96.6 cm³/mol. The zero-order valence-electron chi connectivity index (χ0n) is 12.9. The SMILES string of the molecule is Cc1cc(NC(C)c2cc3c(s2)CCCC3)cc(C)c1Br. The molecule has 0 bridgehead atoms. The zero-order valence-corrected chi connectivity index (χ0v) is 15.3. The van der Waals surface area contributed by atoms with Gasteiger partial charge in [0.25, 0.3) is 0 Å². The molecule has 21 heavy (non-hydrogen) atoms. The van der Waals surface area contributed by atoms with Crippen molar-refractivity contribution >= 4 is 33.0 Å². The number of thiophene rings is 1. The van der Waals surface area contributed by atoms with E-state index in [2.05, 4.69) is 60.2 Å². The van der Waals surface area contributed by atoms with Crippen molar-refractivity contribution < 1.29 is 0 Å². The number of hydrogen-bond donors (Lipinski definition) is 1. The van der Waals surface area contributed by atoms with E-state index in [0.717, 1.165) is 0 Å². The van der Waals surface area contributed by atoms with Crippen LogP contribution < -0.4 is 5.32 Å². The fourth-order valence-electron chi connectivity index (χ4n) is 3.08. The molecular weight excluding hydrogens is 342 g/mol. The van der Waals surface area contributed by atoms with Gasteiger partial charge in [-0.25, -0.2) is 0 Å². The summed E-state index contributed by atoms with van der Waals surface area (Å²) in [5, 5.41) is 3.67. The van der Waals surface area contributed by atoms with Gasteiger partial charge in [-0.05, 0) is 81.3 Å². The van der Waals surface area contributed by atoms with Crippen molar-refractivity contribution in [1.82, 2.24) is 0 Å². The molecule has 1 heterocycles. The molecule has 112 valence electrons. The molecule has 0 spiro atoms. The van der Waals surface area contributed by atoms with Crippen LogP contribution in [0.3, 0.4) is 0 Å². The summed E-state index contributed by atoms with van der Waals surface area (Å²) in [5.41, 5.74) is 5.38. The van der Waals surface area contributed by atoms with Crippen molar-refractivity contribution in [3.8, 4) is 0 Å². The van der Waals surface area contributed by atoms with Crippen LogP contribution in [0.2, 0.25) is 0 Å². The molecule has 1 aromatic heterocycles. The lowest BCUT2D eigenvalue weighted by molar-refractivity contribution is 0.696. The maximum Gasteiger partial charge on any atom is 0.0578 e. The van der Waals surface area contributed by atoms with Crippen LogP contribution in [0.4, 0.5) is 5.69 Å². The molecule has 1 unspecified atom stereocenters. The zero-order chi connectivity index (χ0) is 15.0. The first-order valence-electron chi connectivity index (χ1n) is 7.69. The van der Waals surface area contributed by atoms with Crippen LogP contribution in [-0.4, -0.2) is 0 Å². The quantitative estimate of drug-likeness (QED) is 0.686. The van der Waals surface area contributed by atoms with E-state index in [1.165, 1.54) is 51.8 Å². The minimum absolute atomic E-state index is 0.376. The second-order valence-corrected chi connectivity index (χ2v) is 8.06. The van der Waals surface area contributed by atoms with Crippen LogP contribution in [-0.2, 0) is 12.8 Å². The van der Waals surface area contributed by atoms with E-state index in [-0.39, 0.29) is 0 Å². The topological polar surface area (TPSA) is 12.0 Å². The molecule has 1 N–H and O–H groups in total. The van der Waals surface area contributed by atoms with Gasteiger partial charge >= 0.3 is 0 Å². The molecule has 0 radical (unpaired) electrons. The Balaban J connectivity index is 1.80. The van der Waals surface area contributed by atoms with Gasteiger partial charge in [-0.3, -0.25) is 0 Å². The predicted octanol–water partition coefficient (Wildman–Crippen LogP) is 6.18. The van der Waals surface area contributed by atoms with Crippen molar-refractivity contribution in [2.75, 3.05) is 5.32 Å². The molecule has 3 heteroatoms. The summed E-state index contributed by atoms with van der Waals surface area (Å²) < 4.78 is 1.22. The first-order valence-corrected chi connectivity index (χ1v) is 9.30. The Morgan fingerprint density at radius 3 is 2.43 bits per heavy atom. The molecule has 1 aliphatic carbocycles. The maximum atomic E-state index is 3.67. The van der Waals surface area contributed by atoms with Gasteiger partial charge in [0.05, 0.1) is 6.04 Å². The molecule has 0 saturated heterocycles. The number of halogens is 1. The van der Waals surface area contributed by atoms with Crippen molar-refractivity contribution in [1.29, 1.82) is 0 Å². The van der Waals surface area contributed by atoms with E-state index >= 15 is 0 Å². The van der Waals surface area contributed by atoms with Crippen LogP contribution in [0.15, 0.2) is 22.7 Å². The summed E-state index contributed by atoms with van der Waals surface area (Å²) in [4.78, 5) is 3.09. The average molecular weight is 364 g/mol. The van der Waals surface area contributed by atoms with E-state index < -0.39 is 0 Å². The molecular formula is C18H22BrNS. The highest BCUT2D eigenvalue weighted by Crippen LogP contribution is 2.34. The Morgan fingerprint density at radius 1 is 1.10 bits per heavy atom. The number of aryl methyl sites for hydroxylation is 4. The largest absolute Gasteiger partial charge is 0.378 e. The van der Waals surface area contributed by atoms with Crippen molar-refractivity contribution in [3.05, 3.63) is 49.1 Å². The van der Waals surface area contributed by atoms with E-state index in [1.54, 1.807) is 10.4 Å². The minimum Gasteiger partial charge on any atom is -0.378 e. The molecule has 0 fully saturated rings. The normalized spacial score (nSPS) is 15.6. The average Bonchev–Trinajstić information content (AvgIpc) is 2.88. The van der Waals surface area contributed by atoms with Crippen LogP contribution in [0.1, 0.15) is 52.3 Å². The molecule has 1 aliphatic rings. The van der Waals surface area contributed by atoms with Crippen LogP contribution in [0, 0.1) is 13.8 Å². The number of hydrogen-bond acceptors (Lipinski definition) is 2. The van der Waals surface area contributed by atoms with E-state index in [4.69, 9.17) is 0 Å². The van der Waals surface area contributed by atoms with Gasteiger partial charge in [-0.1, -0.05) is 15.9 Å². The van der Waals surface area contributed by atoms with E-state index in [9.17, 15) is 0 Å². The summed E-state index contributed by atoms with van der Waals surface area (Å²) in [7, 11) is 0. The highest BCUT2D eigenvalue weighted by Gasteiger charge is 2.16.